The Kier molecular flexibility index (Phi) is 3.70. The molecule has 86 valence electrons. The number of nitrogens with one attached hydrogen (secondary N) is 1. The average molecular weight is 217 g/mol. The number of fused-ring (bicyclic) bond motifs is 1. The van der Waals surface area contributed by atoms with Gasteiger partial charge in [-0.15, -0.1) is 6.58 Å². The van der Waals surface area contributed by atoms with Crippen molar-refractivity contribution in [2.75, 3.05) is 0 Å². The molecule has 1 aliphatic carbocycles. The fraction of sp³-hybridized carbons (Fsp3) is 0.462. The number of pyridine rings is 1. The second-order valence-electron chi connectivity index (χ2n) is 4.34. The van der Waals surface area contributed by atoms with E-state index in [1.165, 1.54) is 17.7 Å². The number of nitrogens with two attached hydrogens (primary N) is 1. The van der Waals surface area contributed by atoms with Gasteiger partial charge in [-0.1, -0.05) is 12.1 Å². The van der Waals surface area contributed by atoms with E-state index < -0.39 is 0 Å². The van der Waals surface area contributed by atoms with E-state index in [4.69, 9.17) is 5.84 Å². The van der Waals surface area contributed by atoms with Gasteiger partial charge in [-0.25, -0.2) is 0 Å². The summed E-state index contributed by atoms with van der Waals surface area (Å²) in [5.74, 6) is 6.05. The van der Waals surface area contributed by atoms with Crippen LogP contribution in [0.5, 0.6) is 0 Å². The Morgan fingerprint density at radius 2 is 2.56 bits per heavy atom. The normalized spacial score (nSPS) is 21.2. The minimum atomic E-state index is 0.256. The number of aromatic nitrogens is 1. The first kappa shape index (κ1) is 11.3. The van der Waals surface area contributed by atoms with Crippen LogP contribution in [-0.2, 0) is 6.42 Å². The molecule has 3 N–H and O–H groups in total. The van der Waals surface area contributed by atoms with Gasteiger partial charge in [0, 0.05) is 23.9 Å². The third-order valence-corrected chi connectivity index (χ3v) is 3.36. The molecular formula is C13H19N3. The number of hydrazine groups is 1. The fourth-order valence-corrected chi connectivity index (χ4v) is 2.57. The molecule has 0 amide bonds. The van der Waals surface area contributed by atoms with E-state index in [9.17, 15) is 0 Å². The highest BCUT2D eigenvalue weighted by molar-refractivity contribution is 5.27. The summed E-state index contributed by atoms with van der Waals surface area (Å²) in [6.07, 6.45) is 8.20. The van der Waals surface area contributed by atoms with Crippen molar-refractivity contribution in [2.24, 2.45) is 5.84 Å². The van der Waals surface area contributed by atoms with Crippen LogP contribution in [0.4, 0.5) is 0 Å². The second kappa shape index (κ2) is 5.23. The van der Waals surface area contributed by atoms with E-state index in [1.54, 1.807) is 0 Å². The molecule has 2 atom stereocenters. The molecule has 0 spiro atoms. The molecular weight excluding hydrogens is 198 g/mol. The van der Waals surface area contributed by atoms with Gasteiger partial charge in [0.25, 0.3) is 0 Å². The minimum Gasteiger partial charge on any atom is -0.271 e. The third-order valence-electron chi connectivity index (χ3n) is 3.36. The van der Waals surface area contributed by atoms with Crippen LogP contribution in [0, 0.1) is 0 Å². The molecule has 1 aromatic heterocycles. The molecule has 1 aliphatic rings. The second-order valence-corrected chi connectivity index (χ2v) is 4.34. The van der Waals surface area contributed by atoms with Crippen LogP contribution in [-0.4, -0.2) is 11.0 Å². The quantitative estimate of drug-likeness (QED) is 0.460. The van der Waals surface area contributed by atoms with E-state index >= 15 is 0 Å². The van der Waals surface area contributed by atoms with E-state index in [-0.39, 0.29) is 6.04 Å². The summed E-state index contributed by atoms with van der Waals surface area (Å²) in [5.41, 5.74) is 5.50. The van der Waals surface area contributed by atoms with Crippen LogP contribution >= 0.6 is 0 Å². The lowest BCUT2D eigenvalue weighted by molar-refractivity contribution is 0.392. The van der Waals surface area contributed by atoms with E-state index in [1.807, 2.05) is 18.3 Å². The number of nitrogens with zero attached hydrogens (tertiary/aromatic N) is 1. The molecule has 0 bridgehead atoms. The Hall–Kier alpha value is -1.19. The first-order valence-electron chi connectivity index (χ1n) is 5.87. The van der Waals surface area contributed by atoms with Crippen LogP contribution in [0.3, 0.4) is 0 Å². The predicted molar refractivity (Wildman–Crippen MR) is 65.8 cm³/mol. The van der Waals surface area contributed by atoms with Crippen LogP contribution < -0.4 is 11.3 Å². The molecule has 0 aliphatic heterocycles. The number of hydrogen-bond acceptors (Lipinski definition) is 3. The maximum absolute atomic E-state index is 5.62. The molecule has 2 rings (SSSR count). The Labute approximate surface area is 96.7 Å². The topological polar surface area (TPSA) is 50.9 Å². The minimum absolute atomic E-state index is 0.256. The van der Waals surface area contributed by atoms with Crippen molar-refractivity contribution in [3.63, 3.8) is 0 Å². The van der Waals surface area contributed by atoms with Crippen molar-refractivity contribution in [1.82, 2.24) is 10.4 Å². The van der Waals surface area contributed by atoms with Gasteiger partial charge in [-0.2, -0.15) is 0 Å². The molecule has 1 aromatic rings. The van der Waals surface area contributed by atoms with Crippen LogP contribution in [0.15, 0.2) is 31.0 Å². The van der Waals surface area contributed by atoms with Gasteiger partial charge in [-0.3, -0.25) is 16.3 Å². The lowest BCUT2D eigenvalue weighted by Gasteiger charge is -2.30. The van der Waals surface area contributed by atoms with Gasteiger partial charge in [-0.05, 0) is 37.3 Å². The molecule has 16 heavy (non-hydrogen) atoms. The molecule has 0 radical (unpaired) electrons. The van der Waals surface area contributed by atoms with Gasteiger partial charge < -0.3 is 0 Å². The van der Waals surface area contributed by atoms with Crippen LogP contribution in [0.1, 0.15) is 36.4 Å². The highest BCUT2D eigenvalue weighted by atomic mass is 15.2. The first-order valence-corrected chi connectivity index (χ1v) is 5.87. The van der Waals surface area contributed by atoms with E-state index in [2.05, 4.69) is 23.1 Å². The van der Waals surface area contributed by atoms with Crippen LogP contribution in [0.2, 0.25) is 0 Å². The fourth-order valence-electron chi connectivity index (χ4n) is 2.57. The van der Waals surface area contributed by atoms with Gasteiger partial charge in [0.1, 0.15) is 0 Å². The summed E-state index contributed by atoms with van der Waals surface area (Å²) < 4.78 is 0. The Bertz CT molecular complexity index is 362. The number of rotatable bonds is 4. The monoisotopic (exact) mass is 217 g/mol. The molecule has 1 heterocycles. The van der Waals surface area contributed by atoms with Crippen LogP contribution in [0.25, 0.3) is 0 Å². The Morgan fingerprint density at radius 1 is 1.69 bits per heavy atom. The average Bonchev–Trinajstić information content (AvgIpc) is 2.35. The Morgan fingerprint density at radius 3 is 3.31 bits per heavy atom. The van der Waals surface area contributed by atoms with Crippen molar-refractivity contribution < 1.29 is 0 Å². The summed E-state index contributed by atoms with van der Waals surface area (Å²) in [7, 11) is 0. The molecule has 0 saturated carbocycles. The van der Waals surface area contributed by atoms with Crippen molar-refractivity contribution in [2.45, 2.75) is 37.6 Å². The third kappa shape index (κ3) is 2.15. The SMILES string of the molecule is C=CCC(NN)C1CCCc2cccnc21. The number of hydrogen-bond donors (Lipinski definition) is 2. The van der Waals surface area contributed by atoms with Gasteiger partial charge >= 0.3 is 0 Å². The summed E-state index contributed by atoms with van der Waals surface area (Å²) in [5, 5.41) is 0. The van der Waals surface area contributed by atoms with Crippen molar-refractivity contribution >= 4 is 0 Å². The molecule has 0 aromatic carbocycles. The largest absolute Gasteiger partial charge is 0.271 e. The maximum atomic E-state index is 5.62. The summed E-state index contributed by atoms with van der Waals surface area (Å²) in [6, 6.07) is 4.45. The predicted octanol–water partition coefficient (Wildman–Crippen LogP) is 1.91. The zero-order valence-corrected chi connectivity index (χ0v) is 9.52. The maximum Gasteiger partial charge on any atom is 0.0482 e. The zero-order valence-electron chi connectivity index (χ0n) is 9.52. The van der Waals surface area contributed by atoms with Crippen molar-refractivity contribution in [3.05, 3.63) is 42.2 Å². The summed E-state index contributed by atoms with van der Waals surface area (Å²) in [6.45, 7) is 3.78. The standard InChI is InChI=1S/C13H19N3/c1-2-5-12(16-14)11-8-3-6-10-7-4-9-15-13(10)11/h2,4,7,9,11-12,16H,1,3,5-6,8,14H2. The molecule has 3 nitrogen and oxygen atoms in total. The zero-order chi connectivity index (χ0) is 11.4. The molecule has 3 heteroatoms. The summed E-state index contributed by atoms with van der Waals surface area (Å²) >= 11 is 0. The van der Waals surface area contributed by atoms with E-state index in [0.29, 0.717) is 5.92 Å². The van der Waals surface area contributed by atoms with Gasteiger partial charge in [0.05, 0.1) is 0 Å². The van der Waals surface area contributed by atoms with Gasteiger partial charge in [0.15, 0.2) is 0 Å². The molecule has 0 saturated heterocycles. The molecule has 2 unspecified atom stereocenters. The summed E-state index contributed by atoms with van der Waals surface area (Å²) in [4.78, 5) is 4.52. The Balaban J connectivity index is 2.26. The lowest BCUT2D eigenvalue weighted by Crippen LogP contribution is -2.40. The highest BCUT2D eigenvalue weighted by Gasteiger charge is 2.27. The number of aryl methyl sites for hydroxylation is 1. The highest BCUT2D eigenvalue weighted by Crippen LogP contribution is 2.33. The first-order chi connectivity index (χ1) is 7.86. The van der Waals surface area contributed by atoms with Gasteiger partial charge in [0.2, 0.25) is 0 Å². The van der Waals surface area contributed by atoms with Crippen molar-refractivity contribution in [1.29, 1.82) is 0 Å². The molecule has 0 fully saturated rings. The smallest absolute Gasteiger partial charge is 0.0482 e. The van der Waals surface area contributed by atoms with E-state index in [0.717, 1.165) is 19.3 Å². The van der Waals surface area contributed by atoms with Crippen molar-refractivity contribution in [3.8, 4) is 0 Å². The lowest BCUT2D eigenvalue weighted by atomic mass is 9.81.